The molecule has 1 aromatic heterocycles. The molecule has 0 saturated carbocycles. The molecule has 0 radical (unpaired) electrons. The van der Waals surface area contributed by atoms with Crippen LogP contribution < -0.4 is 4.74 Å². The van der Waals surface area contributed by atoms with Gasteiger partial charge in [0.25, 0.3) is 0 Å². The Labute approximate surface area is 82.1 Å². The third-order valence-electron chi connectivity index (χ3n) is 1.30. The first kappa shape index (κ1) is 10.6. The number of carbonyl (C=O) groups is 1. The van der Waals surface area contributed by atoms with Crippen molar-refractivity contribution in [1.82, 2.24) is 4.98 Å². The number of ether oxygens (including phenoxy) is 1. The maximum absolute atomic E-state index is 11.8. The lowest BCUT2D eigenvalue weighted by Gasteiger charge is -2.07. The molecule has 0 bridgehead atoms. The lowest BCUT2D eigenvalue weighted by Crippen LogP contribution is -2.08. The summed E-state index contributed by atoms with van der Waals surface area (Å²) in [6.07, 6.45) is 1.09. The van der Waals surface area contributed by atoms with E-state index in [2.05, 4.69) is 9.72 Å². The summed E-state index contributed by atoms with van der Waals surface area (Å²) in [5, 5.41) is 8.18. The summed E-state index contributed by atoms with van der Waals surface area (Å²) in [6, 6.07) is 1.02. The summed E-state index contributed by atoms with van der Waals surface area (Å²) < 4.78 is 27.6. The maximum Gasteiger partial charge on any atom is 0.387 e. The zero-order valence-corrected chi connectivity index (χ0v) is 7.33. The summed E-state index contributed by atoms with van der Waals surface area (Å²) in [5.74, 6) is -2.04. The molecule has 0 amide bonds. The van der Waals surface area contributed by atoms with Crippen LogP contribution in [0.4, 0.5) is 8.78 Å². The van der Waals surface area contributed by atoms with Gasteiger partial charge in [0, 0.05) is 6.20 Å². The zero-order chi connectivity index (χ0) is 10.7. The molecule has 0 aromatic carbocycles. The normalized spacial score (nSPS) is 10.3. The van der Waals surface area contributed by atoms with Crippen LogP contribution in [-0.2, 0) is 0 Å². The van der Waals surface area contributed by atoms with Gasteiger partial charge < -0.3 is 9.84 Å². The second-order valence-electron chi connectivity index (χ2n) is 2.16. The van der Waals surface area contributed by atoms with Crippen LogP contribution in [0.25, 0.3) is 0 Å². The van der Waals surface area contributed by atoms with Gasteiger partial charge in [-0.3, -0.25) is 0 Å². The third kappa shape index (κ3) is 2.29. The molecule has 0 aliphatic heterocycles. The molecule has 14 heavy (non-hydrogen) atoms. The first-order valence-electron chi connectivity index (χ1n) is 3.35. The molecule has 0 spiro atoms. The van der Waals surface area contributed by atoms with Gasteiger partial charge in [-0.05, 0) is 6.07 Å². The summed E-state index contributed by atoms with van der Waals surface area (Å²) in [7, 11) is 0. The number of aromatic carboxylic acids is 1. The van der Waals surface area contributed by atoms with E-state index in [9.17, 15) is 13.6 Å². The van der Waals surface area contributed by atoms with Gasteiger partial charge in [-0.1, -0.05) is 11.6 Å². The monoisotopic (exact) mass is 223 g/mol. The van der Waals surface area contributed by atoms with Gasteiger partial charge in [-0.25, -0.2) is 9.78 Å². The lowest BCUT2D eigenvalue weighted by atomic mass is 10.2. The van der Waals surface area contributed by atoms with Gasteiger partial charge in [0.15, 0.2) is 10.9 Å². The molecule has 1 aromatic rings. The Hall–Kier alpha value is -1.43. The van der Waals surface area contributed by atoms with E-state index in [0.29, 0.717) is 0 Å². The van der Waals surface area contributed by atoms with Gasteiger partial charge in [-0.15, -0.1) is 0 Å². The van der Waals surface area contributed by atoms with E-state index in [1.165, 1.54) is 0 Å². The highest BCUT2D eigenvalue weighted by Gasteiger charge is 2.18. The average Bonchev–Trinajstić information content (AvgIpc) is 2.07. The number of hydrogen-bond donors (Lipinski definition) is 1. The standard InChI is InChI=1S/C7H4ClF2NO3/c8-5-4(14-7(9)10)3(6(12)13)1-2-11-5/h1-2,7H,(H,12,13). The molecule has 4 nitrogen and oxygen atoms in total. The maximum atomic E-state index is 11.8. The molecule has 0 aliphatic rings. The van der Waals surface area contributed by atoms with Crippen LogP contribution in [0, 0.1) is 0 Å². The van der Waals surface area contributed by atoms with Crippen molar-refractivity contribution < 1.29 is 23.4 Å². The van der Waals surface area contributed by atoms with Gasteiger partial charge in [0.1, 0.15) is 5.56 Å². The number of hydrogen-bond acceptors (Lipinski definition) is 3. The molecule has 0 aliphatic carbocycles. The van der Waals surface area contributed by atoms with Gasteiger partial charge >= 0.3 is 12.6 Å². The van der Waals surface area contributed by atoms with Crippen LogP contribution in [0.2, 0.25) is 5.15 Å². The Bertz CT molecular complexity index is 359. The van der Waals surface area contributed by atoms with Crippen molar-refractivity contribution in [2.45, 2.75) is 6.61 Å². The molecule has 1 N–H and O–H groups in total. The predicted molar refractivity (Wildman–Crippen MR) is 42.8 cm³/mol. The fourth-order valence-corrected chi connectivity index (χ4v) is 0.995. The van der Waals surface area contributed by atoms with Crippen molar-refractivity contribution >= 4 is 17.6 Å². The van der Waals surface area contributed by atoms with E-state index < -0.39 is 29.0 Å². The quantitative estimate of drug-likeness (QED) is 0.797. The molecule has 76 valence electrons. The minimum Gasteiger partial charge on any atom is -0.478 e. The SMILES string of the molecule is O=C(O)c1ccnc(Cl)c1OC(F)F. The molecule has 7 heteroatoms. The highest BCUT2D eigenvalue weighted by molar-refractivity contribution is 6.31. The second kappa shape index (κ2) is 4.19. The van der Waals surface area contributed by atoms with E-state index >= 15 is 0 Å². The summed E-state index contributed by atoms with van der Waals surface area (Å²) in [5.41, 5.74) is -0.453. The second-order valence-corrected chi connectivity index (χ2v) is 2.52. The lowest BCUT2D eigenvalue weighted by molar-refractivity contribution is -0.0505. The number of rotatable bonds is 3. The number of carboxylic acids is 1. The van der Waals surface area contributed by atoms with Crippen LogP contribution in [0.3, 0.4) is 0 Å². The van der Waals surface area contributed by atoms with E-state index in [-0.39, 0.29) is 0 Å². The molecular weight excluding hydrogens is 220 g/mol. The number of alkyl halides is 2. The van der Waals surface area contributed by atoms with E-state index in [4.69, 9.17) is 16.7 Å². The Morgan fingerprint density at radius 2 is 2.29 bits per heavy atom. The van der Waals surface area contributed by atoms with Gasteiger partial charge in [0.2, 0.25) is 0 Å². The van der Waals surface area contributed by atoms with Gasteiger partial charge in [0.05, 0.1) is 0 Å². The van der Waals surface area contributed by atoms with Crippen LogP contribution in [-0.4, -0.2) is 22.7 Å². The first-order valence-corrected chi connectivity index (χ1v) is 3.72. The van der Waals surface area contributed by atoms with Gasteiger partial charge in [-0.2, -0.15) is 8.78 Å². The average molecular weight is 224 g/mol. The molecule has 0 unspecified atom stereocenters. The number of carboxylic acid groups (broad SMARTS) is 1. The molecule has 1 heterocycles. The van der Waals surface area contributed by atoms with E-state index in [1.807, 2.05) is 0 Å². The van der Waals surface area contributed by atoms with Crippen molar-refractivity contribution in [2.75, 3.05) is 0 Å². The Balaban J connectivity index is 3.15. The minimum atomic E-state index is -3.14. The van der Waals surface area contributed by atoms with E-state index in [1.54, 1.807) is 0 Å². The smallest absolute Gasteiger partial charge is 0.387 e. The van der Waals surface area contributed by atoms with Crippen LogP contribution in [0.1, 0.15) is 10.4 Å². The predicted octanol–water partition coefficient (Wildman–Crippen LogP) is 2.03. The summed E-state index contributed by atoms with van der Waals surface area (Å²) in [4.78, 5) is 14.0. The largest absolute Gasteiger partial charge is 0.478 e. The molecule has 0 fully saturated rings. The molecule has 0 saturated heterocycles. The van der Waals surface area contributed by atoms with Crippen LogP contribution >= 0.6 is 11.6 Å². The fourth-order valence-electron chi connectivity index (χ4n) is 0.792. The first-order chi connectivity index (χ1) is 6.52. The zero-order valence-electron chi connectivity index (χ0n) is 6.58. The number of aromatic nitrogens is 1. The highest BCUT2D eigenvalue weighted by atomic mass is 35.5. The van der Waals surface area contributed by atoms with Crippen molar-refractivity contribution in [2.24, 2.45) is 0 Å². The Kier molecular flexibility index (Phi) is 3.19. The van der Waals surface area contributed by atoms with Crippen molar-refractivity contribution in [1.29, 1.82) is 0 Å². The third-order valence-corrected chi connectivity index (χ3v) is 1.57. The van der Waals surface area contributed by atoms with Crippen LogP contribution in [0.15, 0.2) is 12.3 Å². The summed E-state index contributed by atoms with van der Waals surface area (Å²) >= 11 is 5.38. The van der Waals surface area contributed by atoms with Crippen molar-refractivity contribution in [3.8, 4) is 5.75 Å². The molecular formula is C7H4ClF2NO3. The molecule has 0 atom stereocenters. The fraction of sp³-hybridized carbons (Fsp3) is 0.143. The molecule has 1 rings (SSSR count). The topological polar surface area (TPSA) is 59.4 Å². The Morgan fingerprint density at radius 1 is 1.64 bits per heavy atom. The van der Waals surface area contributed by atoms with Crippen molar-refractivity contribution in [3.63, 3.8) is 0 Å². The number of pyridine rings is 1. The number of nitrogens with zero attached hydrogens (tertiary/aromatic N) is 1. The van der Waals surface area contributed by atoms with E-state index in [0.717, 1.165) is 12.3 Å². The number of halogens is 3. The minimum absolute atomic E-state index is 0.412. The Morgan fingerprint density at radius 3 is 2.79 bits per heavy atom. The van der Waals surface area contributed by atoms with Crippen molar-refractivity contribution in [3.05, 3.63) is 23.0 Å². The highest BCUT2D eigenvalue weighted by Crippen LogP contribution is 2.27. The van der Waals surface area contributed by atoms with Crippen LogP contribution in [0.5, 0.6) is 5.75 Å². The summed E-state index contributed by atoms with van der Waals surface area (Å²) in [6.45, 7) is -3.14.